The molecule has 0 radical (unpaired) electrons. The summed E-state index contributed by atoms with van der Waals surface area (Å²) in [6.07, 6.45) is -1.73. The molecule has 0 spiro atoms. The number of nitrogens with one attached hydrogen (secondary N) is 1. The number of carbonyl (C=O) groups is 2. The van der Waals surface area contributed by atoms with Gasteiger partial charge in [0.2, 0.25) is 5.91 Å². The van der Waals surface area contributed by atoms with E-state index in [4.69, 9.17) is 5.11 Å². The van der Waals surface area contributed by atoms with Gasteiger partial charge in [-0.15, -0.1) is 0 Å². The smallest absolute Gasteiger partial charge is 0.435 e. The van der Waals surface area contributed by atoms with Gasteiger partial charge in [0.25, 0.3) is 0 Å². The minimum atomic E-state index is -4.48. The van der Waals surface area contributed by atoms with Crippen molar-refractivity contribution >= 4 is 11.9 Å². The maximum absolute atomic E-state index is 12.6. The van der Waals surface area contributed by atoms with E-state index in [1.54, 1.807) is 0 Å². The minimum Gasteiger partial charge on any atom is -0.478 e. The predicted molar refractivity (Wildman–Crippen MR) is 78.8 cm³/mol. The summed E-state index contributed by atoms with van der Waals surface area (Å²) in [6, 6.07) is 0.969. The van der Waals surface area contributed by atoms with E-state index < -0.39 is 17.8 Å². The third-order valence-electron chi connectivity index (χ3n) is 3.33. The Hall–Kier alpha value is -2.85. The van der Waals surface area contributed by atoms with Crippen LogP contribution in [0.5, 0.6) is 0 Å². The van der Waals surface area contributed by atoms with Crippen molar-refractivity contribution in [3.63, 3.8) is 0 Å². The van der Waals surface area contributed by atoms with Crippen molar-refractivity contribution in [1.82, 2.24) is 24.9 Å². The Balaban J connectivity index is 1.76. The van der Waals surface area contributed by atoms with Crippen LogP contribution in [0.1, 0.15) is 28.2 Å². The molecule has 2 heterocycles. The molecule has 0 aliphatic carbocycles. The number of alkyl halides is 3. The van der Waals surface area contributed by atoms with Gasteiger partial charge in [0.15, 0.2) is 5.69 Å². The quantitative estimate of drug-likeness (QED) is 0.726. The molecular weight excluding hydrogens is 343 g/mol. The van der Waals surface area contributed by atoms with Crippen molar-refractivity contribution in [2.24, 2.45) is 0 Å². The second kappa shape index (κ2) is 7.36. The molecule has 8 nitrogen and oxygen atoms in total. The molecule has 0 bridgehead atoms. The number of carboxylic acid groups (broad SMARTS) is 1. The highest BCUT2D eigenvalue weighted by molar-refractivity contribution is 5.87. The molecule has 0 atom stereocenters. The molecule has 2 aromatic heterocycles. The topological polar surface area (TPSA) is 102 Å². The van der Waals surface area contributed by atoms with Gasteiger partial charge in [0.1, 0.15) is 6.54 Å². The maximum atomic E-state index is 12.6. The zero-order chi connectivity index (χ0) is 18.6. The third kappa shape index (κ3) is 5.06. The summed E-state index contributed by atoms with van der Waals surface area (Å²) in [5.74, 6) is -1.52. The van der Waals surface area contributed by atoms with Crippen LogP contribution in [-0.4, -0.2) is 43.1 Å². The number of amides is 1. The molecule has 136 valence electrons. The Morgan fingerprint density at radius 2 is 2.08 bits per heavy atom. The van der Waals surface area contributed by atoms with E-state index in [0.717, 1.165) is 12.3 Å². The van der Waals surface area contributed by atoms with Crippen molar-refractivity contribution < 1.29 is 27.9 Å². The summed E-state index contributed by atoms with van der Waals surface area (Å²) >= 11 is 0. The number of aryl methyl sites for hydroxylation is 2. The molecule has 0 saturated heterocycles. The first-order valence-corrected chi connectivity index (χ1v) is 7.31. The highest BCUT2D eigenvalue weighted by atomic mass is 19.4. The van der Waals surface area contributed by atoms with Gasteiger partial charge in [-0.1, -0.05) is 0 Å². The van der Waals surface area contributed by atoms with Crippen LogP contribution in [0.4, 0.5) is 13.2 Å². The Bertz CT molecular complexity index is 766. The molecule has 0 aliphatic heterocycles. The summed E-state index contributed by atoms with van der Waals surface area (Å²) in [5, 5.41) is 18.6. The molecule has 25 heavy (non-hydrogen) atoms. The molecule has 0 fully saturated rings. The summed E-state index contributed by atoms with van der Waals surface area (Å²) < 4.78 is 40.1. The highest BCUT2D eigenvalue weighted by Gasteiger charge is 2.34. The van der Waals surface area contributed by atoms with Crippen molar-refractivity contribution in [2.75, 3.05) is 6.54 Å². The van der Waals surface area contributed by atoms with Crippen LogP contribution in [0.25, 0.3) is 0 Å². The number of hydrogen-bond donors (Lipinski definition) is 2. The molecule has 2 rings (SSSR count). The Morgan fingerprint density at radius 1 is 1.36 bits per heavy atom. The molecule has 11 heteroatoms. The summed E-state index contributed by atoms with van der Waals surface area (Å²) in [7, 11) is 0. The van der Waals surface area contributed by atoms with Crippen LogP contribution in [0.2, 0.25) is 0 Å². The van der Waals surface area contributed by atoms with E-state index in [2.05, 4.69) is 15.5 Å². The molecule has 0 saturated carbocycles. The van der Waals surface area contributed by atoms with E-state index in [1.165, 1.54) is 22.5 Å². The fraction of sp³-hybridized carbons (Fsp3) is 0.429. The number of halogens is 3. The molecule has 2 aromatic rings. The van der Waals surface area contributed by atoms with Gasteiger partial charge >= 0.3 is 12.1 Å². The fourth-order valence-corrected chi connectivity index (χ4v) is 2.10. The lowest BCUT2D eigenvalue weighted by molar-refractivity contribution is -0.141. The zero-order valence-corrected chi connectivity index (χ0v) is 13.2. The second-order valence-corrected chi connectivity index (χ2v) is 5.33. The molecule has 0 unspecified atom stereocenters. The number of aromatic nitrogens is 4. The highest BCUT2D eigenvalue weighted by Crippen LogP contribution is 2.28. The first-order chi connectivity index (χ1) is 11.7. The maximum Gasteiger partial charge on any atom is 0.435 e. The van der Waals surface area contributed by atoms with Crippen LogP contribution in [0.3, 0.4) is 0 Å². The monoisotopic (exact) mass is 359 g/mol. The van der Waals surface area contributed by atoms with Crippen LogP contribution in [0.15, 0.2) is 18.5 Å². The Kier molecular flexibility index (Phi) is 5.45. The average Bonchev–Trinajstić information content (AvgIpc) is 3.10. The van der Waals surface area contributed by atoms with Crippen molar-refractivity contribution in [3.8, 4) is 0 Å². The normalized spacial score (nSPS) is 11.5. The molecule has 0 aliphatic rings. The van der Waals surface area contributed by atoms with Crippen molar-refractivity contribution in [3.05, 3.63) is 35.4 Å². The van der Waals surface area contributed by atoms with Gasteiger partial charge < -0.3 is 10.4 Å². The minimum absolute atomic E-state index is 0.0255. The Morgan fingerprint density at radius 3 is 2.64 bits per heavy atom. The largest absolute Gasteiger partial charge is 0.478 e. The van der Waals surface area contributed by atoms with E-state index in [9.17, 15) is 22.8 Å². The number of carboxylic acids is 1. The van der Waals surface area contributed by atoms with Crippen molar-refractivity contribution in [2.45, 2.75) is 32.6 Å². The first-order valence-electron chi connectivity index (χ1n) is 7.31. The van der Waals surface area contributed by atoms with Gasteiger partial charge in [-0.2, -0.15) is 23.4 Å². The summed E-state index contributed by atoms with van der Waals surface area (Å²) in [5.41, 5.74) is -0.583. The van der Waals surface area contributed by atoms with Gasteiger partial charge in [0.05, 0.1) is 11.8 Å². The van der Waals surface area contributed by atoms with Crippen LogP contribution >= 0.6 is 0 Å². The van der Waals surface area contributed by atoms with E-state index in [-0.39, 0.29) is 31.1 Å². The lowest BCUT2D eigenvalue weighted by Gasteiger charge is -2.07. The molecular formula is C14H16F3N5O3. The zero-order valence-electron chi connectivity index (χ0n) is 13.2. The van der Waals surface area contributed by atoms with E-state index in [1.807, 2.05) is 0 Å². The fourth-order valence-electron chi connectivity index (χ4n) is 2.10. The summed E-state index contributed by atoms with van der Waals surface area (Å²) in [4.78, 5) is 22.4. The summed E-state index contributed by atoms with van der Waals surface area (Å²) in [6.45, 7) is 1.85. The number of carbonyl (C=O) groups excluding carboxylic acids is 1. The number of hydrogen-bond acceptors (Lipinski definition) is 4. The van der Waals surface area contributed by atoms with Gasteiger partial charge in [0, 0.05) is 25.0 Å². The van der Waals surface area contributed by atoms with Gasteiger partial charge in [-0.05, 0) is 19.4 Å². The first kappa shape index (κ1) is 18.5. The van der Waals surface area contributed by atoms with E-state index >= 15 is 0 Å². The lowest BCUT2D eigenvalue weighted by Crippen LogP contribution is -2.29. The second-order valence-electron chi connectivity index (χ2n) is 5.33. The predicted octanol–water partition coefficient (Wildman–Crippen LogP) is 1.31. The van der Waals surface area contributed by atoms with Crippen molar-refractivity contribution in [1.29, 1.82) is 0 Å². The van der Waals surface area contributed by atoms with Gasteiger partial charge in [-0.3, -0.25) is 14.2 Å². The third-order valence-corrected chi connectivity index (χ3v) is 3.33. The molecule has 0 aromatic carbocycles. The number of nitrogens with zero attached hydrogens (tertiary/aromatic N) is 4. The molecule has 1 amide bonds. The average molecular weight is 359 g/mol. The number of aromatic carboxylic acids is 1. The van der Waals surface area contributed by atoms with Crippen LogP contribution in [0, 0.1) is 6.92 Å². The van der Waals surface area contributed by atoms with Gasteiger partial charge in [-0.25, -0.2) is 4.79 Å². The standard InChI is InChI=1S/C14H16F3N5O3/c1-9-5-11(14(15,16)17)20-22(9)4-2-3-18-12(23)8-21-7-10(6-19-21)13(24)25/h5-7H,2-4,8H2,1H3,(H,18,23)(H,24,25). The lowest BCUT2D eigenvalue weighted by atomic mass is 10.3. The molecule has 2 N–H and O–H groups in total. The van der Waals surface area contributed by atoms with E-state index in [0.29, 0.717) is 12.1 Å². The van der Waals surface area contributed by atoms with Crippen LogP contribution < -0.4 is 5.32 Å². The number of rotatable bonds is 7. The SMILES string of the molecule is Cc1cc(C(F)(F)F)nn1CCCNC(=O)Cn1cc(C(=O)O)cn1. The Labute approximate surface area is 140 Å². The van der Waals surface area contributed by atoms with Crippen LogP contribution in [-0.2, 0) is 24.1 Å².